The second-order valence-electron chi connectivity index (χ2n) is 5.28. The van der Waals surface area contributed by atoms with Crippen LogP contribution < -0.4 is 4.72 Å². The molecule has 1 aromatic carbocycles. The van der Waals surface area contributed by atoms with Crippen LogP contribution in [0.1, 0.15) is 22.5 Å². The van der Waals surface area contributed by atoms with Gasteiger partial charge in [-0.1, -0.05) is 6.07 Å². The summed E-state index contributed by atoms with van der Waals surface area (Å²) < 4.78 is 41.9. The fourth-order valence-electron chi connectivity index (χ4n) is 2.23. The lowest BCUT2D eigenvalue weighted by Crippen LogP contribution is -2.24. The molecule has 132 valence electrons. The molecule has 1 fully saturated rings. The van der Waals surface area contributed by atoms with E-state index in [1.165, 1.54) is 30.5 Å². The van der Waals surface area contributed by atoms with Crippen LogP contribution in [-0.2, 0) is 30.8 Å². The number of nitrogens with one attached hydrogen (secondary N) is 1. The second-order valence-corrected chi connectivity index (χ2v) is 7.05. The largest absolute Gasteiger partial charge is 0.468 e. The van der Waals surface area contributed by atoms with E-state index >= 15 is 0 Å². The van der Waals surface area contributed by atoms with Crippen molar-refractivity contribution in [1.82, 2.24) is 4.72 Å². The molecule has 2 aromatic rings. The number of hydrogen-bond acceptors (Lipinski definition) is 7. The van der Waals surface area contributed by atoms with Crippen molar-refractivity contribution in [2.45, 2.75) is 24.0 Å². The van der Waals surface area contributed by atoms with E-state index in [0.717, 1.165) is 0 Å². The minimum absolute atomic E-state index is 0.0160. The molecule has 1 aliphatic rings. The van der Waals surface area contributed by atoms with Crippen LogP contribution in [0.2, 0.25) is 0 Å². The van der Waals surface area contributed by atoms with E-state index < -0.39 is 28.1 Å². The molecule has 0 amide bonds. The summed E-state index contributed by atoms with van der Waals surface area (Å²) in [5.74, 6) is -0.928. The first kappa shape index (κ1) is 17.2. The molecule has 0 saturated carbocycles. The summed E-state index contributed by atoms with van der Waals surface area (Å²) in [7, 11) is -3.84. The van der Waals surface area contributed by atoms with Crippen LogP contribution in [0, 0.1) is 0 Å². The molecule has 0 bridgehead atoms. The van der Waals surface area contributed by atoms with E-state index in [-0.39, 0.29) is 30.0 Å². The predicted octanol–water partition coefficient (Wildman–Crippen LogP) is 1.23. The molecule has 1 saturated heterocycles. The van der Waals surface area contributed by atoms with Crippen LogP contribution in [0.3, 0.4) is 0 Å². The maximum atomic E-state index is 12.3. The van der Waals surface area contributed by atoms with Crippen LogP contribution in [0.25, 0.3) is 0 Å². The highest BCUT2D eigenvalue weighted by Gasteiger charge is 2.30. The molecule has 2 heterocycles. The monoisotopic (exact) mass is 365 g/mol. The average Bonchev–Trinajstić information content (AvgIpc) is 3.25. The van der Waals surface area contributed by atoms with Gasteiger partial charge in [-0.15, -0.1) is 0 Å². The summed E-state index contributed by atoms with van der Waals surface area (Å²) in [5.41, 5.74) is 0.0283. The van der Waals surface area contributed by atoms with Gasteiger partial charge in [0.25, 0.3) is 0 Å². The number of esters is 2. The molecule has 8 nitrogen and oxygen atoms in total. The van der Waals surface area contributed by atoms with Gasteiger partial charge in [-0.05, 0) is 30.3 Å². The first-order valence-electron chi connectivity index (χ1n) is 7.45. The van der Waals surface area contributed by atoms with E-state index in [0.29, 0.717) is 5.76 Å². The molecule has 0 aliphatic carbocycles. The Morgan fingerprint density at radius 2 is 2.12 bits per heavy atom. The van der Waals surface area contributed by atoms with Crippen molar-refractivity contribution in [2.75, 3.05) is 6.61 Å². The number of sulfonamides is 1. The molecule has 0 unspecified atom stereocenters. The van der Waals surface area contributed by atoms with Crippen LogP contribution in [-0.4, -0.2) is 33.1 Å². The minimum Gasteiger partial charge on any atom is -0.468 e. The van der Waals surface area contributed by atoms with Gasteiger partial charge in [-0.3, -0.25) is 0 Å². The molecular weight excluding hydrogens is 350 g/mol. The molecule has 3 rings (SSSR count). The predicted molar refractivity (Wildman–Crippen MR) is 84.0 cm³/mol. The van der Waals surface area contributed by atoms with E-state index in [1.807, 2.05) is 0 Å². The molecule has 1 aliphatic heterocycles. The molecule has 0 spiro atoms. The lowest BCUT2D eigenvalue weighted by molar-refractivity contribution is -0.145. The van der Waals surface area contributed by atoms with Crippen molar-refractivity contribution < 1.29 is 31.9 Å². The van der Waals surface area contributed by atoms with Gasteiger partial charge in [0.15, 0.2) is 0 Å². The lowest BCUT2D eigenvalue weighted by Gasteiger charge is -2.10. The standard InChI is InChI=1S/C16H15NO7S/c18-15(24-14-6-8-23-16(14)19)11-3-1-5-13(9-11)25(20,21)17-10-12-4-2-7-22-12/h1-5,7,9,14,17H,6,8,10H2/t14-/m1/s1. The molecule has 1 N–H and O–H groups in total. The van der Waals surface area contributed by atoms with Crippen molar-refractivity contribution in [3.8, 4) is 0 Å². The van der Waals surface area contributed by atoms with E-state index in [2.05, 4.69) is 4.72 Å². The summed E-state index contributed by atoms with van der Waals surface area (Å²) in [4.78, 5) is 23.4. The Kier molecular flexibility index (Phi) is 4.86. The topological polar surface area (TPSA) is 112 Å². The number of cyclic esters (lactones) is 1. The fraction of sp³-hybridized carbons (Fsp3) is 0.250. The number of carbonyl (C=O) groups excluding carboxylic acids is 2. The number of benzene rings is 1. The number of ether oxygens (including phenoxy) is 2. The highest BCUT2D eigenvalue weighted by molar-refractivity contribution is 7.89. The minimum atomic E-state index is -3.84. The number of carbonyl (C=O) groups is 2. The Labute approximate surface area is 143 Å². The zero-order valence-corrected chi connectivity index (χ0v) is 13.8. The first-order valence-corrected chi connectivity index (χ1v) is 8.94. The third-order valence-corrected chi connectivity index (χ3v) is 4.93. The summed E-state index contributed by atoms with van der Waals surface area (Å²) in [5, 5.41) is 0. The highest BCUT2D eigenvalue weighted by atomic mass is 32.2. The normalized spacial score (nSPS) is 17.3. The van der Waals surface area contributed by atoms with Gasteiger partial charge in [-0.2, -0.15) is 0 Å². The van der Waals surface area contributed by atoms with Gasteiger partial charge in [0, 0.05) is 6.42 Å². The maximum Gasteiger partial charge on any atom is 0.347 e. The molecule has 1 atom stereocenters. The Balaban J connectivity index is 1.71. The van der Waals surface area contributed by atoms with E-state index in [4.69, 9.17) is 13.9 Å². The van der Waals surface area contributed by atoms with Crippen molar-refractivity contribution >= 4 is 22.0 Å². The quantitative estimate of drug-likeness (QED) is 0.766. The molecular formula is C16H15NO7S. The van der Waals surface area contributed by atoms with Crippen LogP contribution >= 0.6 is 0 Å². The Morgan fingerprint density at radius 1 is 1.28 bits per heavy atom. The lowest BCUT2D eigenvalue weighted by atomic mass is 10.2. The highest BCUT2D eigenvalue weighted by Crippen LogP contribution is 2.16. The zero-order valence-electron chi connectivity index (χ0n) is 13.0. The van der Waals surface area contributed by atoms with Gasteiger partial charge in [0.1, 0.15) is 5.76 Å². The van der Waals surface area contributed by atoms with Crippen LogP contribution in [0.5, 0.6) is 0 Å². The van der Waals surface area contributed by atoms with Gasteiger partial charge in [0.2, 0.25) is 16.1 Å². The van der Waals surface area contributed by atoms with Crippen LogP contribution in [0.15, 0.2) is 52.0 Å². The molecule has 25 heavy (non-hydrogen) atoms. The fourth-order valence-corrected chi connectivity index (χ4v) is 3.27. The van der Waals surface area contributed by atoms with Gasteiger partial charge in [0.05, 0.1) is 29.9 Å². The van der Waals surface area contributed by atoms with E-state index in [1.54, 1.807) is 12.1 Å². The third kappa shape index (κ3) is 4.06. The third-order valence-electron chi connectivity index (χ3n) is 3.53. The van der Waals surface area contributed by atoms with Gasteiger partial charge < -0.3 is 13.9 Å². The van der Waals surface area contributed by atoms with Gasteiger partial charge >= 0.3 is 11.9 Å². The smallest absolute Gasteiger partial charge is 0.347 e. The van der Waals surface area contributed by atoms with Crippen molar-refractivity contribution in [1.29, 1.82) is 0 Å². The average molecular weight is 365 g/mol. The molecule has 0 radical (unpaired) electrons. The second kappa shape index (κ2) is 7.08. The Hall–Kier alpha value is -2.65. The summed E-state index contributed by atoms with van der Waals surface area (Å²) in [6.45, 7) is 0.180. The summed E-state index contributed by atoms with van der Waals surface area (Å²) >= 11 is 0. The molecule has 1 aromatic heterocycles. The number of hydrogen-bond donors (Lipinski definition) is 1. The summed E-state index contributed by atoms with van der Waals surface area (Å²) in [6, 6.07) is 8.66. The zero-order chi connectivity index (χ0) is 17.9. The molecule has 9 heteroatoms. The van der Waals surface area contributed by atoms with Crippen molar-refractivity contribution in [3.05, 3.63) is 54.0 Å². The maximum absolute atomic E-state index is 12.3. The van der Waals surface area contributed by atoms with E-state index in [9.17, 15) is 18.0 Å². The Morgan fingerprint density at radius 3 is 2.80 bits per heavy atom. The first-order chi connectivity index (χ1) is 12.0. The SMILES string of the molecule is O=C(O[C@@H]1CCOC1=O)c1cccc(S(=O)(=O)NCc2ccco2)c1. The van der Waals surface area contributed by atoms with Crippen molar-refractivity contribution in [3.63, 3.8) is 0 Å². The number of furan rings is 1. The van der Waals surface area contributed by atoms with Crippen molar-refractivity contribution in [2.24, 2.45) is 0 Å². The summed E-state index contributed by atoms with van der Waals surface area (Å²) in [6.07, 6.45) is 0.770. The number of rotatable bonds is 6. The Bertz CT molecular complexity index is 874. The van der Waals surface area contributed by atoms with Crippen LogP contribution in [0.4, 0.5) is 0 Å². The van der Waals surface area contributed by atoms with Gasteiger partial charge in [-0.25, -0.2) is 22.7 Å².